The van der Waals surface area contributed by atoms with Crippen molar-refractivity contribution in [2.45, 2.75) is 0 Å². The van der Waals surface area contributed by atoms with Crippen molar-refractivity contribution in [1.29, 1.82) is 0 Å². The van der Waals surface area contributed by atoms with Gasteiger partial charge in [-0.3, -0.25) is 4.79 Å². The third kappa shape index (κ3) is 1.66. The van der Waals surface area contributed by atoms with E-state index in [2.05, 4.69) is 20.9 Å². The average Bonchev–Trinajstić information content (AvgIpc) is 2.28. The number of amides is 1. The minimum Gasteiger partial charge on any atom is -0.342 e. The number of nitrogens with zero attached hydrogens (tertiary/aromatic N) is 3. The predicted octanol–water partition coefficient (Wildman–Crippen LogP) is 0.884. The smallest absolute Gasteiger partial charge is 0.289 e. The molecule has 0 saturated heterocycles. The molecular formula is C7H10BrN3O. The molecular weight excluding hydrogens is 222 g/mol. The highest BCUT2D eigenvalue weighted by Gasteiger charge is 2.14. The fourth-order valence-corrected chi connectivity index (χ4v) is 1.30. The molecule has 66 valence electrons. The molecule has 1 aromatic heterocycles. The van der Waals surface area contributed by atoms with Crippen LogP contribution in [0.4, 0.5) is 0 Å². The van der Waals surface area contributed by atoms with Gasteiger partial charge in [0, 0.05) is 27.3 Å². The number of aromatic nitrogens is 2. The molecule has 0 N–H and O–H groups in total. The van der Waals surface area contributed by atoms with Crippen LogP contribution in [-0.2, 0) is 7.05 Å². The third-order valence-electron chi connectivity index (χ3n) is 1.44. The fraction of sp³-hybridized carbons (Fsp3) is 0.429. The molecule has 0 aromatic carbocycles. The Balaban J connectivity index is 3.02. The third-order valence-corrected chi connectivity index (χ3v) is 1.83. The zero-order valence-electron chi connectivity index (χ0n) is 7.21. The lowest BCUT2D eigenvalue weighted by molar-refractivity contribution is 0.0812. The summed E-state index contributed by atoms with van der Waals surface area (Å²) in [7, 11) is 5.18. The molecule has 1 heterocycles. The highest BCUT2D eigenvalue weighted by Crippen LogP contribution is 2.08. The van der Waals surface area contributed by atoms with E-state index < -0.39 is 0 Å². The summed E-state index contributed by atoms with van der Waals surface area (Å²) in [6.07, 6.45) is 1.75. The summed E-state index contributed by atoms with van der Waals surface area (Å²) in [6, 6.07) is 0. The molecule has 1 rings (SSSR count). The van der Waals surface area contributed by atoms with Crippen LogP contribution in [0.15, 0.2) is 10.8 Å². The van der Waals surface area contributed by atoms with E-state index in [1.54, 1.807) is 31.9 Å². The number of hydrogen-bond donors (Lipinski definition) is 0. The van der Waals surface area contributed by atoms with Gasteiger partial charge in [-0.1, -0.05) is 0 Å². The Kier molecular flexibility index (Phi) is 2.52. The first-order valence-corrected chi connectivity index (χ1v) is 4.22. The van der Waals surface area contributed by atoms with Gasteiger partial charge in [-0.15, -0.1) is 0 Å². The second kappa shape index (κ2) is 3.26. The largest absolute Gasteiger partial charge is 0.342 e. The molecule has 0 saturated carbocycles. The number of aryl methyl sites for hydroxylation is 1. The van der Waals surface area contributed by atoms with E-state index >= 15 is 0 Å². The Hall–Kier alpha value is -0.840. The molecule has 1 aromatic rings. The number of carbonyl (C=O) groups excluding carboxylic acids is 1. The second-order valence-corrected chi connectivity index (χ2v) is 3.51. The van der Waals surface area contributed by atoms with Crippen LogP contribution >= 0.6 is 15.9 Å². The number of carbonyl (C=O) groups is 1. The van der Waals surface area contributed by atoms with Gasteiger partial charge in [-0.25, -0.2) is 4.98 Å². The molecule has 0 spiro atoms. The SMILES string of the molecule is CN(C)C(=O)c1nc(Br)cn1C. The van der Waals surface area contributed by atoms with Crippen LogP contribution in [0.5, 0.6) is 0 Å². The van der Waals surface area contributed by atoms with E-state index in [-0.39, 0.29) is 5.91 Å². The van der Waals surface area contributed by atoms with E-state index in [1.807, 2.05) is 0 Å². The zero-order chi connectivity index (χ0) is 9.30. The van der Waals surface area contributed by atoms with Crippen molar-refractivity contribution in [3.05, 3.63) is 16.6 Å². The van der Waals surface area contributed by atoms with Crippen molar-refractivity contribution in [1.82, 2.24) is 14.5 Å². The highest BCUT2D eigenvalue weighted by atomic mass is 79.9. The first-order chi connectivity index (χ1) is 5.52. The highest BCUT2D eigenvalue weighted by molar-refractivity contribution is 9.10. The summed E-state index contributed by atoms with van der Waals surface area (Å²) in [4.78, 5) is 16.9. The summed E-state index contributed by atoms with van der Waals surface area (Å²) in [5.74, 6) is 0.343. The first kappa shape index (κ1) is 9.25. The lowest BCUT2D eigenvalue weighted by atomic mass is 10.5. The standard InChI is InChI=1S/C7H10BrN3O/c1-10(2)7(12)6-9-5(8)4-11(6)3/h4H,1-3H3. The monoisotopic (exact) mass is 231 g/mol. The molecule has 5 heteroatoms. The summed E-state index contributed by atoms with van der Waals surface area (Å²) in [5, 5.41) is 0. The molecule has 12 heavy (non-hydrogen) atoms. The lowest BCUT2D eigenvalue weighted by Crippen LogP contribution is -2.24. The maximum atomic E-state index is 11.4. The van der Waals surface area contributed by atoms with Gasteiger partial charge in [0.2, 0.25) is 0 Å². The van der Waals surface area contributed by atoms with Crippen molar-refractivity contribution >= 4 is 21.8 Å². The zero-order valence-corrected chi connectivity index (χ0v) is 8.79. The van der Waals surface area contributed by atoms with Crippen LogP contribution in [-0.4, -0.2) is 34.5 Å². The predicted molar refractivity (Wildman–Crippen MR) is 48.9 cm³/mol. The molecule has 0 aliphatic rings. The van der Waals surface area contributed by atoms with E-state index in [1.165, 1.54) is 4.90 Å². The minimum atomic E-state index is -0.0943. The molecule has 0 bridgehead atoms. The maximum absolute atomic E-state index is 11.4. The molecule has 0 aliphatic carbocycles. The Morgan fingerprint density at radius 1 is 1.67 bits per heavy atom. The van der Waals surface area contributed by atoms with Crippen LogP contribution in [0.3, 0.4) is 0 Å². The van der Waals surface area contributed by atoms with Gasteiger partial charge >= 0.3 is 0 Å². The number of imidazole rings is 1. The summed E-state index contributed by atoms with van der Waals surface area (Å²) >= 11 is 3.20. The van der Waals surface area contributed by atoms with E-state index in [9.17, 15) is 4.79 Å². The van der Waals surface area contributed by atoms with Gasteiger partial charge in [0.15, 0.2) is 5.82 Å². The molecule has 0 fully saturated rings. The van der Waals surface area contributed by atoms with Crippen molar-refractivity contribution in [3.8, 4) is 0 Å². The molecule has 1 amide bonds. The molecule has 0 atom stereocenters. The lowest BCUT2D eigenvalue weighted by Gasteiger charge is -2.08. The van der Waals surface area contributed by atoms with Crippen LogP contribution in [0, 0.1) is 0 Å². The second-order valence-electron chi connectivity index (χ2n) is 2.70. The van der Waals surface area contributed by atoms with Crippen molar-refractivity contribution in [2.75, 3.05) is 14.1 Å². The summed E-state index contributed by atoms with van der Waals surface area (Å²) in [6.45, 7) is 0. The Bertz CT molecular complexity index is 306. The van der Waals surface area contributed by atoms with E-state index in [0.717, 1.165) is 0 Å². The Labute approximate surface area is 79.3 Å². The van der Waals surface area contributed by atoms with Crippen LogP contribution in [0.25, 0.3) is 0 Å². The number of hydrogen-bond acceptors (Lipinski definition) is 2. The topological polar surface area (TPSA) is 38.1 Å². The molecule has 0 unspecified atom stereocenters. The molecule has 4 nitrogen and oxygen atoms in total. The Morgan fingerprint density at radius 2 is 2.25 bits per heavy atom. The fourth-order valence-electron chi connectivity index (χ4n) is 0.829. The van der Waals surface area contributed by atoms with Gasteiger partial charge in [0.1, 0.15) is 4.60 Å². The summed E-state index contributed by atoms with van der Waals surface area (Å²) < 4.78 is 2.36. The van der Waals surface area contributed by atoms with E-state index in [4.69, 9.17) is 0 Å². The van der Waals surface area contributed by atoms with Crippen molar-refractivity contribution in [3.63, 3.8) is 0 Å². The normalized spacial score (nSPS) is 10.0. The van der Waals surface area contributed by atoms with Crippen LogP contribution < -0.4 is 0 Å². The van der Waals surface area contributed by atoms with Gasteiger partial charge < -0.3 is 9.47 Å². The first-order valence-electron chi connectivity index (χ1n) is 3.43. The molecule has 0 radical (unpaired) electrons. The minimum absolute atomic E-state index is 0.0943. The quantitative estimate of drug-likeness (QED) is 0.720. The van der Waals surface area contributed by atoms with Gasteiger partial charge in [0.05, 0.1) is 0 Å². The number of halogens is 1. The van der Waals surface area contributed by atoms with Crippen LogP contribution in [0.2, 0.25) is 0 Å². The maximum Gasteiger partial charge on any atom is 0.289 e. The van der Waals surface area contributed by atoms with Crippen molar-refractivity contribution < 1.29 is 4.79 Å². The number of rotatable bonds is 1. The average molecular weight is 232 g/mol. The van der Waals surface area contributed by atoms with Crippen molar-refractivity contribution in [2.24, 2.45) is 7.05 Å². The van der Waals surface area contributed by atoms with Gasteiger partial charge in [-0.05, 0) is 15.9 Å². The molecule has 0 aliphatic heterocycles. The van der Waals surface area contributed by atoms with Crippen LogP contribution in [0.1, 0.15) is 10.6 Å². The summed E-state index contributed by atoms with van der Waals surface area (Å²) in [5.41, 5.74) is 0. The Morgan fingerprint density at radius 3 is 2.58 bits per heavy atom. The van der Waals surface area contributed by atoms with Gasteiger partial charge in [0.25, 0.3) is 5.91 Å². The van der Waals surface area contributed by atoms with E-state index in [0.29, 0.717) is 10.4 Å². The van der Waals surface area contributed by atoms with Gasteiger partial charge in [-0.2, -0.15) is 0 Å².